The van der Waals surface area contributed by atoms with Gasteiger partial charge in [0.15, 0.2) is 0 Å². The van der Waals surface area contributed by atoms with Crippen LogP contribution >= 0.6 is 0 Å². The monoisotopic (exact) mass is 204 g/mol. The molecule has 2 aromatic rings. The van der Waals surface area contributed by atoms with Crippen molar-refractivity contribution in [3.8, 4) is 0 Å². The largest absolute Gasteiger partial charge is 0.393 e. The second-order valence-corrected chi connectivity index (χ2v) is 4.07. The summed E-state index contributed by atoms with van der Waals surface area (Å²) in [4.78, 5) is 4.31. The minimum atomic E-state index is -0.232. The van der Waals surface area contributed by atoms with Crippen LogP contribution in [-0.4, -0.2) is 20.8 Å². The molecule has 1 N–H and O–H groups in total. The van der Waals surface area contributed by atoms with Gasteiger partial charge in [0.05, 0.1) is 23.5 Å². The number of rotatable bonds is 3. The average Bonchev–Trinajstić information content (AvgIpc) is 2.57. The SMILES string of the molecule is CC(O)CCc1ccc2c(c1)ncn2C. The van der Waals surface area contributed by atoms with Crippen molar-refractivity contribution in [1.29, 1.82) is 0 Å². The van der Waals surface area contributed by atoms with E-state index in [4.69, 9.17) is 0 Å². The summed E-state index contributed by atoms with van der Waals surface area (Å²) in [5.74, 6) is 0. The van der Waals surface area contributed by atoms with Gasteiger partial charge in [-0.05, 0) is 37.5 Å². The highest BCUT2D eigenvalue weighted by molar-refractivity contribution is 5.75. The number of benzene rings is 1. The Morgan fingerprint density at radius 1 is 1.47 bits per heavy atom. The van der Waals surface area contributed by atoms with E-state index in [0.29, 0.717) is 0 Å². The summed E-state index contributed by atoms with van der Waals surface area (Å²) < 4.78 is 2.01. The Bertz CT molecular complexity index is 460. The second kappa shape index (κ2) is 4.03. The fourth-order valence-corrected chi connectivity index (χ4v) is 1.71. The van der Waals surface area contributed by atoms with Gasteiger partial charge in [-0.25, -0.2) is 4.98 Å². The molecule has 1 atom stereocenters. The van der Waals surface area contributed by atoms with Crippen molar-refractivity contribution in [2.45, 2.75) is 25.9 Å². The molecule has 1 aromatic carbocycles. The molecule has 0 bridgehead atoms. The van der Waals surface area contributed by atoms with Crippen LogP contribution in [0.5, 0.6) is 0 Å². The second-order valence-electron chi connectivity index (χ2n) is 4.07. The third-order valence-corrected chi connectivity index (χ3v) is 2.64. The molecule has 2 rings (SSSR count). The Morgan fingerprint density at radius 2 is 2.27 bits per heavy atom. The quantitative estimate of drug-likeness (QED) is 0.829. The van der Waals surface area contributed by atoms with E-state index in [2.05, 4.69) is 23.2 Å². The van der Waals surface area contributed by atoms with Gasteiger partial charge in [0, 0.05) is 7.05 Å². The number of aromatic nitrogens is 2. The van der Waals surface area contributed by atoms with E-state index in [1.807, 2.05) is 24.9 Å². The fourth-order valence-electron chi connectivity index (χ4n) is 1.71. The van der Waals surface area contributed by atoms with Gasteiger partial charge in [0.1, 0.15) is 0 Å². The van der Waals surface area contributed by atoms with Crippen molar-refractivity contribution in [3.05, 3.63) is 30.1 Å². The molecule has 0 saturated carbocycles. The Morgan fingerprint density at radius 3 is 3.00 bits per heavy atom. The van der Waals surface area contributed by atoms with Gasteiger partial charge < -0.3 is 9.67 Å². The van der Waals surface area contributed by atoms with Crippen LogP contribution in [-0.2, 0) is 13.5 Å². The Kier molecular flexibility index (Phi) is 2.73. The van der Waals surface area contributed by atoms with Gasteiger partial charge in [-0.2, -0.15) is 0 Å². The van der Waals surface area contributed by atoms with Gasteiger partial charge in [-0.15, -0.1) is 0 Å². The molecule has 0 aliphatic carbocycles. The molecule has 1 heterocycles. The van der Waals surface area contributed by atoms with Crippen molar-refractivity contribution >= 4 is 11.0 Å². The summed E-state index contributed by atoms with van der Waals surface area (Å²) in [5.41, 5.74) is 3.42. The molecule has 0 fully saturated rings. The van der Waals surface area contributed by atoms with E-state index in [0.717, 1.165) is 23.9 Å². The lowest BCUT2D eigenvalue weighted by Crippen LogP contribution is -2.01. The predicted molar refractivity (Wildman–Crippen MR) is 60.7 cm³/mol. The number of hydrogen-bond acceptors (Lipinski definition) is 2. The van der Waals surface area contributed by atoms with E-state index in [1.165, 1.54) is 5.56 Å². The van der Waals surface area contributed by atoms with Crippen molar-refractivity contribution in [2.24, 2.45) is 7.05 Å². The molecule has 1 unspecified atom stereocenters. The van der Waals surface area contributed by atoms with Crippen LogP contribution in [0.2, 0.25) is 0 Å². The molecule has 0 radical (unpaired) electrons. The van der Waals surface area contributed by atoms with Crippen molar-refractivity contribution < 1.29 is 5.11 Å². The summed E-state index contributed by atoms with van der Waals surface area (Å²) in [6, 6.07) is 6.28. The van der Waals surface area contributed by atoms with Crippen LogP contribution in [0.25, 0.3) is 11.0 Å². The van der Waals surface area contributed by atoms with Crippen molar-refractivity contribution in [1.82, 2.24) is 9.55 Å². The van der Waals surface area contributed by atoms with Gasteiger partial charge in [0.25, 0.3) is 0 Å². The maximum absolute atomic E-state index is 9.21. The molecule has 80 valence electrons. The van der Waals surface area contributed by atoms with Crippen LogP contribution in [0, 0.1) is 0 Å². The number of nitrogens with zero attached hydrogens (tertiary/aromatic N) is 2. The number of aliphatic hydroxyl groups excluding tert-OH is 1. The minimum Gasteiger partial charge on any atom is -0.393 e. The van der Waals surface area contributed by atoms with Gasteiger partial charge in [-0.1, -0.05) is 6.07 Å². The number of fused-ring (bicyclic) bond motifs is 1. The molecule has 0 saturated heterocycles. The predicted octanol–water partition coefficient (Wildman–Crippen LogP) is 1.89. The molecule has 0 aliphatic rings. The highest BCUT2D eigenvalue weighted by Gasteiger charge is 2.02. The molecule has 0 aliphatic heterocycles. The summed E-state index contributed by atoms with van der Waals surface area (Å²) in [5, 5.41) is 9.21. The summed E-state index contributed by atoms with van der Waals surface area (Å²) >= 11 is 0. The summed E-state index contributed by atoms with van der Waals surface area (Å²) in [6.45, 7) is 1.82. The molecule has 0 spiro atoms. The van der Waals surface area contributed by atoms with Crippen molar-refractivity contribution in [3.63, 3.8) is 0 Å². The minimum absolute atomic E-state index is 0.232. The van der Waals surface area contributed by atoms with Crippen LogP contribution in [0.1, 0.15) is 18.9 Å². The Hall–Kier alpha value is -1.35. The van der Waals surface area contributed by atoms with Gasteiger partial charge >= 0.3 is 0 Å². The first-order valence-corrected chi connectivity index (χ1v) is 5.25. The third-order valence-electron chi connectivity index (χ3n) is 2.64. The molecule has 3 heteroatoms. The zero-order valence-corrected chi connectivity index (χ0v) is 9.14. The fraction of sp³-hybridized carbons (Fsp3) is 0.417. The molecule has 1 aromatic heterocycles. The number of imidazole rings is 1. The third kappa shape index (κ3) is 2.18. The highest BCUT2D eigenvalue weighted by atomic mass is 16.3. The lowest BCUT2D eigenvalue weighted by atomic mass is 10.1. The van der Waals surface area contributed by atoms with E-state index in [1.54, 1.807) is 0 Å². The lowest BCUT2D eigenvalue weighted by molar-refractivity contribution is 0.185. The molecular formula is C12H16N2O. The average molecular weight is 204 g/mol. The Labute approximate surface area is 89.4 Å². The van der Waals surface area contributed by atoms with E-state index < -0.39 is 0 Å². The van der Waals surface area contributed by atoms with E-state index in [-0.39, 0.29) is 6.10 Å². The van der Waals surface area contributed by atoms with Crippen LogP contribution in [0.4, 0.5) is 0 Å². The van der Waals surface area contributed by atoms with Crippen LogP contribution in [0.3, 0.4) is 0 Å². The van der Waals surface area contributed by atoms with Crippen LogP contribution in [0.15, 0.2) is 24.5 Å². The summed E-state index contributed by atoms with van der Waals surface area (Å²) in [6.07, 6.45) is 3.30. The smallest absolute Gasteiger partial charge is 0.0955 e. The standard InChI is InChI=1S/C12H16N2O/c1-9(15)3-4-10-5-6-12-11(7-10)13-8-14(12)2/h5-9,15H,3-4H2,1-2H3. The Balaban J connectivity index is 2.23. The van der Waals surface area contributed by atoms with E-state index >= 15 is 0 Å². The topological polar surface area (TPSA) is 38.1 Å². The van der Waals surface area contributed by atoms with Crippen molar-refractivity contribution in [2.75, 3.05) is 0 Å². The first kappa shape index (κ1) is 10.2. The first-order valence-electron chi connectivity index (χ1n) is 5.25. The molecule has 15 heavy (non-hydrogen) atoms. The maximum atomic E-state index is 9.21. The number of aryl methyl sites for hydroxylation is 2. The molecule has 0 amide bonds. The maximum Gasteiger partial charge on any atom is 0.0955 e. The van der Waals surface area contributed by atoms with Gasteiger partial charge in [-0.3, -0.25) is 0 Å². The zero-order valence-electron chi connectivity index (χ0n) is 9.14. The number of aliphatic hydroxyl groups is 1. The lowest BCUT2D eigenvalue weighted by Gasteiger charge is -2.04. The van der Waals surface area contributed by atoms with E-state index in [9.17, 15) is 5.11 Å². The highest BCUT2D eigenvalue weighted by Crippen LogP contribution is 2.15. The van der Waals surface area contributed by atoms with Crippen LogP contribution < -0.4 is 0 Å². The number of hydrogen-bond donors (Lipinski definition) is 1. The van der Waals surface area contributed by atoms with Gasteiger partial charge in [0.2, 0.25) is 0 Å². The molecule has 3 nitrogen and oxygen atoms in total. The molecular weight excluding hydrogens is 188 g/mol. The first-order chi connectivity index (χ1) is 7.16. The normalized spacial score (nSPS) is 13.3. The zero-order chi connectivity index (χ0) is 10.8. The summed E-state index contributed by atoms with van der Waals surface area (Å²) in [7, 11) is 1.99.